The third kappa shape index (κ3) is 3.62. The van der Waals surface area contributed by atoms with Crippen LogP contribution < -0.4 is 4.74 Å². The summed E-state index contributed by atoms with van der Waals surface area (Å²) in [5.41, 5.74) is 4.71. The topological polar surface area (TPSA) is 73.0 Å². The molecule has 8 heteroatoms. The summed E-state index contributed by atoms with van der Waals surface area (Å²) in [5, 5.41) is 16.4. The van der Waals surface area contributed by atoms with Crippen molar-refractivity contribution in [2.45, 2.75) is 13.8 Å². The van der Waals surface area contributed by atoms with E-state index in [1.807, 2.05) is 73.1 Å². The lowest BCUT2D eigenvalue weighted by molar-refractivity contribution is 0.415. The van der Waals surface area contributed by atoms with Crippen molar-refractivity contribution < 1.29 is 4.74 Å². The van der Waals surface area contributed by atoms with Crippen molar-refractivity contribution in [3.05, 3.63) is 76.3 Å². The second-order valence-electron chi connectivity index (χ2n) is 6.47. The summed E-state index contributed by atoms with van der Waals surface area (Å²) in [6.45, 7) is 3.99. The summed E-state index contributed by atoms with van der Waals surface area (Å²) in [5.74, 6) is 1.40. The third-order valence-corrected chi connectivity index (χ3v) is 4.91. The summed E-state index contributed by atoms with van der Waals surface area (Å²) >= 11 is 5.37. The second-order valence-corrected chi connectivity index (χ2v) is 6.86. The van der Waals surface area contributed by atoms with E-state index in [0.29, 0.717) is 10.6 Å². The summed E-state index contributed by atoms with van der Waals surface area (Å²) in [7, 11) is 1.63. The van der Waals surface area contributed by atoms with Gasteiger partial charge in [0.25, 0.3) is 0 Å². The predicted octanol–water partition coefficient (Wildman–Crippen LogP) is 4.30. The average Bonchev–Trinajstić information content (AvgIpc) is 3.26. The van der Waals surface area contributed by atoms with Crippen LogP contribution in [0.15, 0.2) is 59.7 Å². The molecule has 0 saturated heterocycles. The maximum atomic E-state index is 5.37. The van der Waals surface area contributed by atoms with E-state index in [2.05, 4.69) is 20.4 Å². The summed E-state index contributed by atoms with van der Waals surface area (Å²) in [4.78, 5) is 0. The van der Waals surface area contributed by atoms with Gasteiger partial charge in [0.05, 0.1) is 30.4 Å². The fourth-order valence-electron chi connectivity index (χ4n) is 3.10. The van der Waals surface area contributed by atoms with E-state index < -0.39 is 0 Å². The van der Waals surface area contributed by atoms with E-state index in [4.69, 9.17) is 17.0 Å². The monoisotopic (exact) mass is 404 g/mol. The van der Waals surface area contributed by atoms with Crippen LogP contribution in [0.25, 0.3) is 17.1 Å². The number of hydrogen-bond acceptors (Lipinski definition) is 5. The number of rotatable bonds is 5. The number of aromatic nitrogens is 5. The van der Waals surface area contributed by atoms with Crippen molar-refractivity contribution in [3.63, 3.8) is 0 Å². The molecular weight excluding hydrogens is 384 g/mol. The van der Waals surface area contributed by atoms with Gasteiger partial charge in [-0.15, -0.1) is 0 Å². The predicted molar refractivity (Wildman–Crippen MR) is 115 cm³/mol. The molecule has 0 spiro atoms. The Labute approximate surface area is 173 Å². The molecule has 0 aliphatic heterocycles. The van der Waals surface area contributed by atoms with Crippen molar-refractivity contribution in [1.82, 2.24) is 24.7 Å². The third-order valence-electron chi connectivity index (χ3n) is 4.65. The van der Waals surface area contributed by atoms with Crippen LogP contribution in [0.4, 0.5) is 0 Å². The Hall–Kier alpha value is -3.52. The van der Waals surface area contributed by atoms with Gasteiger partial charge < -0.3 is 4.74 Å². The molecule has 0 atom stereocenters. The van der Waals surface area contributed by atoms with Crippen LogP contribution in [0.1, 0.15) is 17.0 Å². The van der Waals surface area contributed by atoms with E-state index in [0.717, 1.165) is 34.0 Å². The van der Waals surface area contributed by atoms with Gasteiger partial charge in [0, 0.05) is 11.1 Å². The van der Waals surface area contributed by atoms with Crippen molar-refractivity contribution in [2.75, 3.05) is 7.11 Å². The number of hydrogen-bond donors (Lipinski definition) is 1. The molecule has 0 saturated carbocycles. The highest BCUT2D eigenvalue weighted by Gasteiger charge is 2.12. The van der Waals surface area contributed by atoms with Gasteiger partial charge in [0.15, 0.2) is 5.82 Å². The molecule has 29 heavy (non-hydrogen) atoms. The van der Waals surface area contributed by atoms with E-state index in [-0.39, 0.29) is 0 Å². The number of nitrogens with zero attached hydrogens (tertiary/aromatic N) is 5. The van der Waals surface area contributed by atoms with Crippen molar-refractivity contribution in [2.24, 2.45) is 5.10 Å². The van der Waals surface area contributed by atoms with Gasteiger partial charge in [-0.1, -0.05) is 18.2 Å². The highest BCUT2D eigenvalue weighted by atomic mass is 32.1. The summed E-state index contributed by atoms with van der Waals surface area (Å²) < 4.78 is 9.15. The molecule has 0 aliphatic carbocycles. The maximum absolute atomic E-state index is 5.37. The minimum Gasteiger partial charge on any atom is -0.497 e. The molecule has 2 aromatic carbocycles. The Morgan fingerprint density at radius 3 is 2.48 bits per heavy atom. The van der Waals surface area contributed by atoms with Crippen LogP contribution in [0.2, 0.25) is 0 Å². The molecule has 7 nitrogen and oxygen atoms in total. The largest absolute Gasteiger partial charge is 0.497 e. The van der Waals surface area contributed by atoms with Crippen molar-refractivity contribution in [3.8, 4) is 22.8 Å². The Balaban J connectivity index is 1.71. The Bertz CT molecular complexity index is 1220. The first kappa shape index (κ1) is 18.8. The molecule has 4 rings (SSSR count). The molecular formula is C21H20N6OS. The van der Waals surface area contributed by atoms with Crippen molar-refractivity contribution in [1.29, 1.82) is 0 Å². The van der Waals surface area contributed by atoms with E-state index in [1.165, 1.54) is 0 Å². The highest BCUT2D eigenvalue weighted by molar-refractivity contribution is 7.71. The van der Waals surface area contributed by atoms with Crippen LogP contribution >= 0.6 is 12.2 Å². The summed E-state index contributed by atoms with van der Waals surface area (Å²) in [6.07, 6.45) is 1.77. The number of methoxy groups -OCH3 is 1. The van der Waals surface area contributed by atoms with Gasteiger partial charge >= 0.3 is 0 Å². The van der Waals surface area contributed by atoms with Crippen LogP contribution in [0.5, 0.6) is 5.75 Å². The molecule has 4 aromatic rings. The molecule has 0 radical (unpaired) electrons. The standard InChI is InChI=1S/C21H20N6OS/c1-14-19(15(2)26(25-14)17-7-5-4-6-8-17)13-22-27-20(23-24-21(27)29)16-9-11-18(28-3)12-10-16/h4-13H,1-3H3,(H,24,29)/b22-13-. The number of benzene rings is 2. The van der Waals surface area contributed by atoms with Gasteiger partial charge in [-0.2, -0.15) is 20.0 Å². The first-order valence-electron chi connectivity index (χ1n) is 9.06. The number of nitrogens with one attached hydrogen (secondary N) is 1. The number of aromatic amines is 1. The number of H-pyrrole nitrogens is 1. The Morgan fingerprint density at radius 2 is 1.79 bits per heavy atom. The second kappa shape index (κ2) is 7.84. The quantitative estimate of drug-likeness (QED) is 0.398. The van der Waals surface area contributed by atoms with Crippen LogP contribution in [-0.2, 0) is 0 Å². The van der Waals surface area contributed by atoms with Gasteiger partial charge in [0.2, 0.25) is 4.77 Å². The zero-order valence-electron chi connectivity index (χ0n) is 16.3. The molecule has 2 heterocycles. The minimum atomic E-state index is 0.415. The van der Waals surface area contributed by atoms with Gasteiger partial charge in [0.1, 0.15) is 5.75 Å². The highest BCUT2D eigenvalue weighted by Crippen LogP contribution is 2.21. The molecule has 0 bridgehead atoms. The van der Waals surface area contributed by atoms with Crippen LogP contribution in [0, 0.1) is 18.6 Å². The normalized spacial score (nSPS) is 11.3. The molecule has 1 N–H and O–H groups in total. The van der Waals surface area contributed by atoms with Crippen LogP contribution in [-0.4, -0.2) is 38.0 Å². The molecule has 0 fully saturated rings. The first-order chi connectivity index (χ1) is 14.1. The van der Waals surface area contributed by atoms with Crippen molar-refractivity contribution >= 4 is 18.4 Å². The smallest absolute Gasteiger partial charge is 0.216 e. The van der Waals surface area contributed by atoms with E-state index >= 15 is 0 Å². The number of aryl methyl sites for hydroxylation is 1. The Kier molecular flexibility index (Phi) is 5.09. The van der Waals surface area contributed by atoms with Crippen LogP contribution in [0.3, 0.4) is 0 Å². The van der Waals surface area contributed by atoms with Gasteiger partial charge in [-0.25, -0.2) is 9.78 Å². The number of para-hydroxylation sites is 1. The molecule has 146 valence electrons. The average molecular weight is 404 g/mol. The zero-order valence-corrected chi connectivity index (χ0v) is 17.1. The van der Waals surface area contributed by atoms with Gasteiger partial charge in [-0.3, -0.25) is 0 Å². The molecule has 0 unspecified atom stereocenters. The van der Waals surface area contributed by atoms with Gasteiger partial charge in [-0.05, 0) is 62.5 Å². The fraction of sp³-hybridized carbons (Fsp3) is 0.143. The van der Waals surface area contributed by atoms with E-state index in [1.54, 1.807) is 18.0 Å². The SMILES string of the molecule is COc1ccc(-c2n[nH]c(=S)n2/N=C\c2c(C)nn(-c3ccccc3)c2C)cc1. The Morgan fingerprint density at radius 1 is 1.07 bits per heavy atom. The van der Waals surface area contributed by atoms with E-state index in [9.17, 15) is 0 Å². The minimum absolute atomic E-state index is 0.415. The fourth-order valence-corrected chi connectivity index (χ4v) is 3.28. The lowest BCUT2D eigenvalue weighted by atomic mass is 10.2. The molecule has 0 aliphatic rings. The first-order valence-corrected chi connectivity index (χ1v) is 9.47. The lowest BCUT2D eigenvalue weighted by Crippen LogP contribution is -1.99. The zero-order chi connectivity index (χ0) is 20.4. The summed E-state index contributed by atoms with van der Waals surface area (Å²) in [6, 6.07) is 17.6. The lowest BCUT2D eigenvalue weighted by Gasteiger charge is -2.04. The molecule has 2 aromatic heterocycles. The molecule has 0 amide bonds. The maximum Gasteiger partial charge on any atom is 0.216 e. The number of ether oxygens (including phenoxy) is 1.